The summed E-state index contributed by atoms with van der Waals surface area (Å²) in [4.78, 5) is 0. The zero-order valence-electron chi connectivity index (χ0n) is 14.9. The zero-order valence-corrected chi connectivity index (χ0v) is 15.7. The summed E-state index contributed by atoms with van der Waals surface area (Å²) in [6.07, 6.45) is 2.06. The van der Waals surface area contributed by atoms with E-state index in [0.717, 1.165) is 36.4 Å². The molecule has 0 aliphatic carbocycles. The smallest absolute Gasteiger partial charge is 0.137 e. The minimum Gasteiger partial charge on any atom is -1.00 e. The van der Waals surface area contributed by atoms with Crippen molar-refractivity contribution in [1.82, 2.24) is 0 Å². The zero-order chi connectivity index (χ0) is 16.8. The predicted octanol–water partition coefficient (Wildman–Crippen LogP) is 0.550. The lowest BCUT2D eigenvalue weighted by Gasteiger charge is -2.36. The number of aryl methyl sites for hydroxylation is 1. The van der Waals surface area contributed by atoms with Crippen LogP contribution in [0.25, 0.3) is 0 Å². The second-order valence-corrected chi connectivity index (χ2v) is 7.10. The van der Waals surface area contributed by atoms with Crippen molar-refractivity contribution in [2.45, 2.75) is 32.4 Å². The molecule has 0 spiro atoms. The lowest BCUT2D eigenvalue weighted by atomic mass is 10.1. The number of hydrogen-bond acceptors (Lipinski definition) is 2. The Morgan fingerprint density at radius 3 is 2.44 bits per heavy atom. The molecule has 3 rings (SSSR count). The van der Waals surface area contributed by atoms with Crippen molar-refractivity contribution in [2.75, 3.05) is 26.2 Å². The van der Waals surface area contributed by atoms with Crippen molar-refractivity contribution in [3.05, 3.63) is 65.7 Å². The number of aliphatic hydroxyl groups excluding tert-OH is 1. The van der Waals surface area contributed by atoms with Gasteiger partial charge in [-0.25, -0.2) is 0 Å². The largest absolute Gasteiger partial charge is 1.00 e. The Balaban J connectivity index is 0.00000225. The third-order valence-electron chi connectivity index (χ3n) is 4.91. The van der Waals surface area contributed by atoms with Crippen LogP contribution in [0.4, 0.5) is 0 Å². The van der Waals surface area contributed by atoms with E-state index >= 15 is 0 Å². The van der Waals surface area contributed by atoms with E-state index in [2.05, 4.69) is 30.3 Å². The molecule has 0 saturated carbocycles. The first-order valence-corrected chi connectivity index (χ1v) is 8.92. The summed E-state index contributed by atoms with van der Waals surface area (Å²) < 4.78 is 6.77. The number of nitrogens with zero attached hydrogens (tertiary/aromatic N) is 1. The average molecular weight is 362 g/mol. The minimum atomic E-state index is -0.438. The molecule has 1 unspecified atom stereocenters. The third-order valence-corrected chi connectivity index (χ3v) is 4.91. The van der Waals surface area contributed by atoms with E-state index in [1.54, 1.807) is 0 Å². The van der Waals surface area contributed by atoms with Gasteiger partial charge in [0.25, 0.3) is 0 Å². The highest BCUT2D eigenvalue weighted by Gasteiger charge is 2.34. The lowest BCUT2D eigenvalue weighted by Crippen LogP contribution is -3.00. The van der Waals surface area contributed by atoms with Crippen LogP contribution in [-0.4, -0.2) is 41.9 Å². The van der Waals surface area contributed by atoms with Gasteiger partial charge in [0.15, 0.2) is 0 Å². The van der Waals surface area contributed by atoms with Crippen LogP contribution in [0.15, 0.2) is 54.6 Å². The number of ether oxygens (including phenoxy) is 1. The van der Waals surface area contributed by atoms with Gasteiger partial charge in [-0.1, -0.05) is 42.5 Å². The van der Waals surface area contributed by atoms with Gasteiger partial charge in [0.2, 0.25) is 0 Å². The molecule has 2 aromatic rings. The van der Waals surface area contributed by atoms with Gasteiger partial charge in [-0.15, -0.1) is 0 Å². The molecule has 0 radical (unpaired) electrons. The van der Waals surface area contributed by atoms with Crippen molar-refractivity contribution in [3.63, 3.8) is 0 Å². The van der Waals surface area contributed by atoms with Crippen LogP contribution in [0.2, 0.25) is 0 Å². The Morgan fingerprint density at radius 2 is 1.76 bits per heavy atom. The molecule has 1 heterocycles. The minimum absolute atomic E-state index is 0. The maximum Gasteiger partial charge on any atom is 0.137 e. The summed E-state index contributed by atoms with van der Waals surface area (Å²) in [6.45, 7) is 6.47. The van der Waals surface area contributed by atoms with E-state index in [9.17, 15) is 5.11 Å². The number of quaternary nitrogens is 1. The van der Waals surface area contributed by atoms with E-state index in [0.29, 0.717) is 6.61 Å². The Kier molecular flexibility index (Phi) is 7.30. The molecule has 4 heteroatoms. The summed E-state index contributed by atoms with van der Waals surface area (Å²) in [5.74, 6) is 0.838. The maximum atomic E-state index is 10.5. The second kappa shape index (κ2) is 9.23. The van der Waals surface area contributed by atoms with E-state index < -0.39 is 6.10 Å². The molecular formula is C21H28ClNO2. The first-order valence-electron chi connectivity index (χ1n) is 8.92. The van der Waals surface area contributed by atoms with Crippen LogP contribution in [0.5, 0.6) is 5.75 Å². The van der Waals surface area contributed by atoms with Crippen LogP contribution in [0.3, 0.4) is 0 Å². The Labute approximate surface area is 157 Å². The summed E-state index contributed by atoms with van der Waals surface area (Å²) in [6, 6.07) is 18.6. The van der Waals surface area contributed by atoms with Crippen molar-refractivity contribution < 1.29 is 26.7 Å². The number of halogens is 1. The number of aliphatic hydroxyl groups is 1. The number of likely N-dealkylation sites (tertiary alicyclic amines) is 1. The predicted molar refractivity (Wildman–Crippen MR) is 96.9 cm³/mol. The number of hydrogen-bond donors (Lipinski definition) is 1. The molecule has 1 atom stereocenters. The summed E-state index contributed by atoms with van der Waals surface area (Å²) in [5, 5.41) is 10.5. The van der Waals surface area contributed by atoms with E-state index in [-0.39, 0.29) is 12.4 Å². The van der Waals surface area contributed by atoms with Crippen LogP contribution < -0.4 is 17.1 Å². The molecule has 2 aromatic carbocycles. The quantitative estimate of drug-likeness (QED) is 0.730. The number of rotatable bonds is 7. The topological polar surface area (TPSA) is 29.5 Å². The standard InChI is InChI=1S/C21H28NO2.ClH/c1-18-8-7-11-21(14-18)24-17-20(23)16-22(12-5-6-13-22)15-19-9-3-2-4-10-19;/h2-4,7-11,14,20,23H,5-6,12-13,15-17H2,1H3;1H/q+1;/p-1. The molecule has 0 bridgehead atoms. The van der Waals surface area contributed by atoms with Crippen LogP contribution in [0.1, 0.15) is 24.0 Å². The molecule has 1 saturated heterocycles. The maximum absolute atomic E-state index is 10.5. The molecular weight excluding hydrogens is 334 g/mol. The summed E-state index contributed by atoms with van der Waals surface area (Å²) >= 11 is 0. The van der Waals surface area contributed by atoms with Gasteiger partial charge in [-0.05, 0) is 24.6 Å². The SMILES string of the molecule is Cc1cccc(OCC(O)C[N+]2(Cc3ccccc3)CCCC2)c1.[Cl-]. The number of benzene rings is 2. The van der Waals surface area contributed by atoms with Gasteiger partial charge in [0, 0.05) is 18.4 Å². The average Bonchev–Trinajstić information content (AvgIpc) is 3.02. The van der Waals surface area contributed by atoms with Crippen molar-refractivity contribution >= 4 is 0 Å². The van der Waals surface area contributed by atoms with Crippen molar-refractivity contribution in [1.29, 1.82) is 0 Å². The third kappa shape index (κ3) is 5.74. The summed E-state index contributed by atoms with van der Waals surface area (Å²) in [7, 11) is 0. The van der Waals surface area contributed by atoms with Gasteiger partial charge in [-0.2, -0.15) is 0 Å². The fourth-order valence-corrected chi connectivity index (χ4v) is 3.78. The second-order valence-electron chi connectivity index (χ2n) is 7.10. The highest BCUT2D eigenvalue weighted by Crippen LogP contribution is 2.24. The Morgan fingerprint density at radius 1 is 1.04 bits per heavy atom. The molecule has 1 aliphatic heterocycles. The Bertz CT molecular complexity index is 641. The molecule has 1 fully saturated rings. The first-order chi connectivity index (χ1) is 11.7. The fraction of sp³-hybridized carbons (Fsp3) is 0.429. The van der Waals surface area contributed by atoms with Crippen molar-refractivity contribution in [3.8, 4) is 5.75 Å². The van der Waals surface area contributed by atoms with E-state index in [4.69, 9.17) is 4.74 Å². The van der Waals surface area contributed by atoms with Gasteiger partial charge < -0.3 is 26.7 Å². The summed E-state index contributed by atoms with van der Waals surface area (Å²) in [5.41, 5.74) is 2.53. The van der Waals surface area contributed by atoms with E-state index in [1.165, 1.54) is 24.0 Å². The van der Waals surface area contributed by atoms with Crippen molar-refractivity contribution in [2.24, 2.45) is 0 Å². The molecule has 136 valence electrons. The Hall–Kier alpha value is -1.55. The van der Waals surface area contributed by atoms with Gasteiger partial charge >= 0.3 is 0 Å². The van der Waals surface area contributed by atoms with Crippen LogP contribution >= 0.6 is 0 Å². The highest BCUT2D eigenvalue weighted by atomic mass is 35.5. The molecule has 25 heavy (non-hydrogen) atoms. The molecule has 0 aromatic heterocycles. The molecule has 0 amide bonds. The fourth-order valence-electron chi connectivity index (χ4n) is 3.78. The van der Waals surface area contributed by atoms with Gasteiger partial charge in [0.1, 0.15) is 31.5 Å². The van der Waals surface area contributed by atoms with Crippen LogP contribution in [0, 0.1) is 6.92 Å². The van der Waals surface area contributed by atoms with Gasteiger partial charge in [0.05, 0.1) is 13.1 Å². The molecule has 3 nitrogen and oxygen atoms in total. The monoisotopic (exact) mass is 361 g/mol. The van der Waals surface area contributed by atoms with Crippen LogP contribution in [-0.2, 0) is 6.54 Å². The lowest BCUT2D eigenvalue weighted by molar-refractivity contribution is -0.932. The first kappa shape index (κ1) is 19.8. The van der Waals surface area contributed by atoms with Gasteiger partial charge in [-0.3, -0.25) is 0 Å². The molecule has 1 aliphatic rings. The highest BCUT2D eigenvalue weighted by molar-refractivity contribution is 5.27. The normalized spacial score (nSPS) is 16.9. The molecule has 1 N–H and O–H groups in total. The van der Waals surface area contributed by atoms with E-state index in [1.807, 2.05) is 31.2 Å².